The number of hydrogen-bond donors (Lipinski definition) is 0. The summed E-state index contributed by atoms with van der Waals surface area (Å²) in [6.07, 6.45) is 1.78. The van der Waals surface area contributed by atoms with Gasteiger partial charge in [-0.15, -0.1) is 0 Å². The van der Waals surface area contributed by atoms with Gasteiger partial charge in [0, 0.05) is 32.2 Å². The van der Waals surface area contributed by atoms with Gasteiger partial charge in [0.2, 0.25) is 15.9 Å². The number of piperidine rings is 1. The molecule has 3 heterocycles. The number of oxazole rings is 1. The minimum atomic E-state index is -3.70. The van der Waals surface area contributed by atoms with Crippen molar-refractivity contribution in [1.82, 2.24) is 13.8 Å². The van der Waals surface area contributed by atoms with Crippen LogP contribution in [0, 0.1) is 11.8 Å². The molecule has 2 aliphatic heterocycles. The van der Waals surface area contributed by atoms with Crippen molar-refractivity contribution in [1.29, 1.82) is 0 Å². The lowest BCUT2D eigenvalue weighted by Crippen LogP contribution is -2.42. The van der Waals surface area contributed by atoms with Crippen LogP contribution in [0.4, 0.5) is 0 Å². The number of carbonyl (C=O) groups is 1. The Labute approximate surface area is 198 Å². The molecule has 2 aromatic carbocycles. The fourth-order valence-corrected chi connectivity index (χ4v) is 6.95. The summed E-state index contributed by atoms with van der Waals surface area (Å²) in [6.45, 7) is 6.01. The van der Waals surface area contributed by atoms with Gasteiger partial charge in [-0.05, 0) is 47.9 Å². The first-order valence-electron chi connectivity index (χ1n) is 11.7. The first-order valence-corrected chi connectivity index (χ1v) is 13.1. The zero-order valence-corrected chi connectivity index (χ0v) is 20.3. The Morgan fingerprint density at radius 1 is 1.06 bits per heavy atom. The number of carbonyl (C=O) groups excluding carboxylic acids is 1. The summed E-state index contributed by atoms with van der Waals surface area (Å²) >= 11 is 0. The lowest BCUT2D eigenvalue weighted by atomic mass is 9.94. The molecule has 0 spiro atoms. The van der Waals surface area contributed by atoms with Gasteiger partial charge in [-0.2, -0.15) is 4.31 Å². The molecule has 180 valence electrons. The van der Waals surface area contributed by atoms with Gasteiger partial charge in [0.15, 0.2) is 5.58 Å². The summed E-state index contributed by atoms with van der Waals surface area (Å²) in [5, 5.41) is 0. The molecule has 2 aliphatic rings. The average Bonchev–Trinajstić information content (AvgIpc) is 3.12. The van der Waals surface area contributed by atoms with E-state index >= 15 is 0 Å². The number of amides is 1. The highest BCUT2D eigenvalue weighted by Crippen LogP contribution is 2.28. The third-order valence-corrected chi connectivity index (χ3v) is 8.72. The van der Waals surface area contributed by atoms with Gasteiger partial charge in [0.05, 0.1) is 10.4 Å². The minimum Gasteiger partial charge on any atom is -0.408 e. The third-order valence-electron chi connectivity index (χ3n) is 6.89. The van der Waals surface area contributed by atoms with Crippen LogP contribution in [0.3, 0.4) is 0 Å². The van der Waals surface area contributed by atoms with Crippen molar-refractivity contribution < 1.29 is 17.6 Å². The molecule has 2 atom stereocenters. The van der Waals surface area contributed by atoms with Crippen molar-refractivity contribution in [3.63, 3.8) is 0 Å². The van der Waals surface area contributed by atoms with Crippen LogP contribution in [0.15, 0.2) is 56.6 Å². The Morgan fingerprint density at radius 2 is 1.76 bits per heavy atom. The highest BCUT2D eigenvalue weighted by atomic mass is 32.2. The van der Waals surface area contributed by atoms with Crippen molar-refractivity contribution in [3.8, 4) is 0 Å². The van der Waals surface area contributed by atoms with Crippen molar-refractivity contribution in [2.24, 2.45) is 11.8 Å². The maximum Gasteiger partial charge on any atom is 0.420 e. The fourth-order valence-electron chi connectivity index (χ4n) is 5.25. The van der Waals surface area contributed by atoms with Crippen molar-refractivity contribution in [3.05, 3.63) is 64.1 Å². The van der Waals surface area contributed by atoms with Gasteiger partial charge >= 0.3 is 5.76 Å². The Bertz CT molecular complexity index is 1400. The number of benzene rings is 2. The van der Waals surface area contributed by atoms with Crippen molar-refractivity contribution in [2.75, 3.05) is 19.6 Å². The summed E-state index contributed by atoms with van der Waals surface area (Å²) in [6, 6.07) is 12.5. The van der Waals surface area contributed by atoms with Crippen LogP contribution in [0.5, 0.6) is 0 Å². The van der Waals surface area contributed by atoms with E-state index in [9.17, 15) is 18.0 Å². The Balaban J connectivity index is 1.39. The second kappa shape index (κ2) is 8.70. The van der Waals surface area contributed by atoms with Crippen LogP contribution in [-0.2, 0) is 34.3 Å². The highest BCUT2D eigenvalue weighted by Gasteiger charge is 2.32. The van der Waals surface area contributed by atoms with Gasteiger partial charge in [-0.1, -0.05) is 38.1 Å². The standard InChI is InChI=1S/C25H29N3O5S/c1-17-11-18(2)14-27(13-17)34(31,32)21-7-8-22-23(12-21)33-25(30)28(22)16-24(29)26-10-9-19-5-3-4-6-20(19)15-26/h3-8,12,17-18H,9-11,13-16H2,1-2H3/t17-,18-/m1/s1. The van der Waals surface area contributed by atoms with E-state index in [4.69, 9.17) is 4.42 Å². The fraction of sp³-hybridized carbons (Fsp3) is 0.440. The third kappa shape index (κ3) is 4.18. The molecule has 5 rings (SSSR count). The molecular formula is C25H29N3O5S. The van der Waals surface area contributed by atoms with E-state index in [2.05, 4.69) is 19.9 Å². The summed E-state index contributed by atoms with van der Waals surface area (Å²) in [4.78, 5) is 27.4. The van der Waals surface area contributed by atoms with E-state index in [1.54, 1.807) is 11.0 Å². The van der Waals surface area contributed by atoms with Gasteiger partial charge < -0.3 is 9.32 Å². The second-order valence-corrected chi connectivity index (χ2v) is 11.6. The number of nitrogens with zero attached hydrogens (tertiary/aromatic N) is 3. The topological polar surface area (TPSA) is 92.8 Å². The van der Waals surface area contributed by atoms with E-state index in [-0.39, 0.29) is 34.8 Å². The van der Waals surface area contributed by atoms with E-state index in [1.165, 1.54) is 26.6 Å². The number of fused-ring (bicyclic) bond motifs is 2. The zero-order chi connectivity index (χ0) is 24.0. The minimum absolute atomic E-state index is 0.0983. The van der Waals surface area contributed by atoms with Gasteiger partial charge in [0.25, 0.3) is 0 Å². The smallest absolute Gasteiger partial charge is 0.408 e. The van der Waals surface area contributed by atoms with Crippen molar-refractivity contribution in [2.45, 2.75) is 44.7 Å². The highest BCUT2D eigenvalue weighted by molar-refractivity contribution is 7.89. The average molecular weight is 484 g/mol. The molecule has 1 amide bonds. The van der Waals surface area contributed by atoms with Crippen LogP contribution in [-0.4, -0.2) is 47.7 Å². The number of hydrogen-bond acceptors (Lipinski definition) is 5. The molecule has 3 aromatic rings. The number of aromatic nitrogens is 1. The van der Waals surface area contributed by atoms with Gasteiger partial charge in [-0.25, -0.2) is 13.2 Å². The molecular weight excluding hydrogens is 454 g/mol. The summed E-state index contributed by atoms with van der Waals surface area (Å²) in [5.74, 6) is -0.272. The normalized spacial score (nSPS) is 21.5. The molecule has 1 aromatic heterocycles. The largest absolute Gasteiger partial charge is 0.420 e. The SMILES string of the molecule is C[C@@H]1C[C@@H](C)CN(S(=O)(=O)c2ccc3c(c2)oc(=O)n3CC(=O)N2CCc3ccccc3C2)C1. The Kier molecular flexibility index (Phi) is 5.85. The maximum absolute atomic E-state index is 13.2. The molecule has 1 saturated heterocycles. The molecule has 0 radical (unpaired) electrons. The first kappa shape index (κ1) is 22.9. The first-order chi connectivity index (χ1) is 16.2. The maximum atomic E-state index is 13.2. The Morgan fingerprint density at radius 3 is 2.50 bits per heavy atom. The zero-order valence-electron chi connectivity index (χ0n) is 19.4. The van der Waals surface area contributed by atoms with E-state index < -0.39 is 15.8 Å². The van der Waals surface area contributed by atoms with E-state index in [0.29, 0.717) is 31.7 Å². The molecule has 0 unspecified atom stereocenters. The molecule has 0 saturated carbocycles. The second-order valence-electron chi connectivity index (χ2n) is 9.69. The predicted octanol–water partition coefficient (Wildman–Crippen LogP) is 2.85. The van der Waals surface area contributed by atoms with Gasteiger partial charge in [0.1, 0.15) is 6.54 Å². The number of sulfonamides is 1. The van der Waals surface area contributed by atoms with Crippen LogP contribution in [0.2, 0.25) is 0 Å². The summed E-state index contributed by atoms with van der Waals surface area (Å²) < 4.78 is 34.6. The molecule has 0 bridgehead atoms. The summed E-state index contributed by atoms with van der Waals surface area (Å²) in [5.41, 5.74) is 2.93. The summed E-state index contributed by atoms with van der Waals surface area (Å²) in [7, 11) is -3.70. The van der Waals surface area contributed by atoms with Crippen LogP contribution < -0.4 is 5.76 Å². The quantitative estimate of drug-likeness (QED) is 0.569. The molecule has 9 heteroatoms. The van der Waals surface area contributed by atoms with Crippen LogP contribution >= 0.6 is 0 Å². The lowest BCUT2D eigenvalue weighted by molar-refractivity contribution is -0.132. The molecule has 1 fully saturated rings. The molecule has 0 aliphatic carbocycles. The monoisotopic (exact) mass is 483 g/mol. The Hall–Kier alpha value is -2.91. The van der Waals surface area contributed by atoms with Crippen molar-refractivity contribution >= 4 is 27.0 Å². The molecule has 0 N–H and O–H groups in total. The predicted molar refractivity (Wildman–Crippen MR) is 128 cm³/mol. The lowest BCUT2D eigenvalue weighted by Gasteiger charge is -2.34. The molecule has 34 heavy (non-hydrogen) atoms. The molecule has 8 nitrogen and oxygen atoms in total. The van der Waals surface area contributed by atoms with Gasteiger partial charge in [-0.3, -0.25) is 9.36 Å². The van der Waals surface area contributed by atoms with E-state index in [1.807, 2.05) is 18.2 Å². The number of rotatable bonds is 4. The van der Waals surface area contributed by atoms with E-state index in [0.717, 1.165) is 18.4 Å². The van der Waals surface area contributed by atoms with Crippen LogP contribution in [0.25, 0.3) is 11.1 Å². The van der Waals surface area contributed by atoms with Crippen LogP contribution in [0.1, 0.15) is 31.4 Å².